The number of hydrogen-bond donors (Lipinski definition) is 2. The predicted molar refractivity (Wildman–Crippen MR) is 109 cm³/mol. The molecule has 1 rings (SSSR count). The van der Waals surface area contributed by atoms with E-state index in [9.17, 15) is 13.6 Å². The molecule has 0 aliphatic rings. The number of amides is 1. The van der Waals surface area contributed by atoms with Crippen molar-refractivity contribution in [2.45, 2.75) is 34.1 Å². The van der Waals surface area contributed by atoms with Gasteiger partial charge in [-0.25, -0.2) is 8.78 Å². The largest absolute Gasteiger partial charge is 0.492 e. The van der Waals surface area contributed by atoms with E-state index >= 15 is 0 Å². The minimum Gasteiger partial charge on any atom is -0.492 e. The summed E-state index contributed by atoms with van der Waals surface area (Å²) in [5, 5.41) is 16.1. The van der Waals surface area contributed by atoms with Gasteiger partial charge in [0, 0.05) is 12.6 Å². The van der Waals surface area contributed by atoms with Crippen molar-refractivity contribution in [3.05, 3.63) is 47.2 Å². The van der Waals surface area contributed by atoms with Gasteiger partial charge in [0.05, 0.1) is 31.0 Å². The van der Waals surface area contributed by atoms with Crippen LogP contribution >= 0.6 is 0 Å². The summed E-state index contributed by atoms with van der Waals surface area (Å²) in [6.45, 7) is 8.05. The topological polar surface area (TPSA) is 86.5 Å². The summed E-state index contributed by atoms with van der Waals surface area (Å²) in [7, 11) is 0. The third-order valence-corrected chi connectivity index (χ3v) is 3.93. The maximum atomic E-state index is 14.1. The summed E-state index contributed by atoms with van der Waals surface area (Å²) in [5.74, 6) is -2.05. The van der Waals surface area contributed by atoms with Gasteiger partial charge in [-0.15, -0.1) is 0 Å². The van der Waals surface area contributed by atoms with Crippen LogP contribution in [0.25, 0.3) is 0 Å². The zero-order valence-corrected chi connectivity index (χ0v) is 17.4. The molecule has 1 amide bonds. The van der Waals surface area contributed by atoms with Crippen molar-refractivity contribution in [2.24, 2.45) is 5.92 Å². The molecule has 29 heavy (non-hydrogen) atoms. The number of halogens is 2. The van der Waals surface area contributed by atoms with Crippen LogP contribution in [0, 0.1) is 28.4 Å². The van der Waals surface area contributed by atoms with Crippen LogP contribution in [-0.2, 0) is 9.47 Å². The SMILES string of the molecule is CCOC(=N)/C=C(/OCC)C(=N)CN(CCC(C)C)C(=O)c1cc(F)ccc1F. The smallest absolute Gasteiger partial charge is 0.257 e. The highest BCUT2D eigenvalue weighted by Gasteiger charge is 2.23. The first kappa shape index (κ1) is 24.3. The van der Waals surface area contributed by atoms with E-state index in [4.69, 9.17) is 20.3 Å². The van der Waals surface area contributed by atoms with Crippen molar-refractivity contribution in [2.75, 3.05) is 26.3 Å². The van der Waals surface area contributed by atoms with Gasteiger partial charge < -0.3 is 14.4 Å². The molecular weight excluding hydrogens is 380 g/mol. The monoisotopic (exact) mass is 409 g/mol. The highest BCUT2D eigenvalue weighted by molar-refractivity contribution is 6.05. The molecule has 0 spiro atoms. The third-order valence-electron chi connectivity index (χ3n) is 3.93. The van der Waals surface area contributed by atoms with Gasteiger partial charge in [-0.2, -0.15) is 0 Å². The number of rotatable bonds is 11. The van der Waals surface area contributed by atoms with Crippen LogP contribution in [0.1, 0.15) is 44.5 Å². The van der Waals surface area contributed by atoms with Gasteiger partial charge in [-0.05, 0) is 44.4 Å². The fourth-order valence-electron chi connectivity index (χ4n) is 2.45. The zero-order valence-electron chi connectivity index (χ0n) is 17.4. The van der Waals surface area contributed by atoms with Crippen LogP contribution in [0.2, 0.25) is 0 Å². The molecule has 0 aliphatic heterocycles. The fourth-order valence-corrected chi connectivity index (χ4v) is 2.45. The van der Waals surface area contributed by atoms with E-state index in [1.807, 2.05) is 13.8 Å². The number of benzene rings is 1. The van der Waals surface area contributed by atoms with Crippen LogP contribution in [-0.4, -0.2) is 48.7 Å². The lowest BCUT2D eigenvalue weighted by Gasteiger charge is -2.25. The second-order valence-corrected chi connectivity index (χ2v) is 6.75. The van der Waals surface area contributed by atoms with Crippen molar-refractivity contribution >= 4 is 17.5 Å². The minimum absolute atomic E-state index is 0.0646. The summed E-state index contributed by atoms with van der Waals surface area (Å²) in [6, 6.07) is 2.71. The molecule has 160 valence electrons. The average molecular weight is 409 g/mol. The van der Waals surface area contributed by atoms with Crippen molar-refractivity contribution in [3.63, 3.8) is 0 Å². The van der Waals surface area contributed by atoms with Gasteiger partial charge in [0.15, 0.2) is 0 Å². The lowest BCUT2D eigenvalue weighted by Crippen LogP contribution is -2.38. The molecule has 0 bridgehead atoms. The van der Waals surface area contributed by atoms with Crippen LogP contribution in [0.5, 0.6) is 0 Å². The van der Waals surface area contributed by atoms with Gasteiger partial charge >= 0.3 is 0 Å². The molecule has 1 aromatic carbocycles. The van der Waals surface area contributed by atoms with Crippen LogP contribution < -0.4 is 0 Å². The fraction of sp³-hybridized carbons (Fsp3) is 0.476. The number of nitrogens with one attached hydrogen (secondary N) is 2. The lowest BCUT2D eigenvalue weighted by molar-refractivity contribution is 0.0766. The molecule has 0 unspecified atom stereocenters. The Morgan fingerprint density at radius 1 is 1.17 bits per heavy atom. The van der Waals surface area contributed by atoms with Gasteiger partial charge in [0.1, 0.15) is 17.4 Å². The first-order valence-corrected chi connectivity index (χ1v) is 9.57. The van der Waals surface area contributed by atoms with E-state index < -0.39 is 17.5 Å². The summed E-state index contributed by atoms with van der Waals surface area (Å²) in [5.41, 5.74) is -0.448. The summed E-state index contributed by atoms with van der Waals surface area (Å²) in [4.78, 5) is 14.2. The van der Waals surface area contributed by atoms with E-state index in [0.29, 0.717) is 13.0 Å². The maximum absolute atomic E-state index is 14.1. The molecule has 0 aromatic heterocycles. The molecule has 6 nitrogen and oxygen atoms in total. The number of nitrogens with zero attached hydrogens (tertiary/aromatic N) is 1. The first-order chi connectivity index (χ1) is 13.7. The minimum atomic E-state index is -0.823. The van der Waals surface area contributed by atoms with Crippen LogP contribution in [0.15, 0.2) is 30.0 Å². The van der Waals surface area contributed by atoms with Crippen molar-refractivity contribution < 1.29 is 23.0 Å². The maximum Gasteiger partial charge on any atom is 0.257 e. The second-order valence-electron chi connectivity index (χ2n) is 6.75. The molecular formula is C21H29F2N3O3. The van der Waals surface area contributed by atoms with Crippen molar-refractivity contribution in [1.29, 1.82) is 10.8 Å². The number of carbonyl (C=O) groups is 1. The highest BCUT2D eigenvalue weighted by atomic mass is 19.1. The van der Waals surface area contributed by atoms with Gasteiger partial charge in [-0.3, -0.25) is 15.6 Å². The Morgan fingerprint density at radius 2 is 1.83 bits per heavy atom. The molecule has 0 saturated heterocycles. The Kier molecular flexibility index (Phi) is 9.99. The predicted octanol–water partition coefficient (Wildman–Crippen LogP) is 4.41. The van der Waals surface area contributed by atoms with Gasteiger partial charge in [0.25, 0.3) is 5.91 Å². The molecule has 0 aliphatic carbocycles. The molecule has 0 radical (unpaired) electrons. The Balaban J connectivity index is 3.13. The summed E-state index contributed by atoms with van der Waals surface area (Å²) < 4.78 is 38.1. The Bertz CT molecular complexity index is 764. The van der Waals surface area contributed by atoms with Crippen LogP contribution in [0.4, 0.5) is 8.78 Å². The summed E-state index contributed by atoms with van der Waals surface area (Å²) >= 11 is 0. The zero-order chi connectivity index (χ0) is 22.0. The molecule has 0 atom stereocenters. The van der Waals surface area contributed by atoms with E-state index in [1.54, 1.807) is 13.8 Å². The Morgan fingerprint density at radius 3 is 2.41 bits per heavy atom. The normalized spacial score (nSPS) is 11.3. The molecule has 0 saturated carbocycles. The average Bonchev–Trinajstić information content (AvgIpc) is 2.66. The van der Waals surface area contributed by atoms with E-state index in [-0.39, 0.29) is 48.5 Å². The second kappa shape index (κ2) is 11.9. The molecule has 1 aromatic rings. The summed E-state index contributed by atoms with van der Waals surface area (Å²) in [6.07, 6.45) is 1.89. The standard InChI is InChI=1S/C21H29F2N3O3/c1-5-28-19(12-20(25)29-6-2)18(24)13-26(10-9-14(3)4)21(27)16-11-15(22)7-8-17(16)23/h7-8,11-12,14,24-25H,5-6,9-10,13H2,1-4H3/b19-12+,24-18?,25-20?. The van der Waals surface area contributed by atoms with E-state index in [0.717, 1.165) is 18.2 Å². The number of carbonyl (C=O) groups excluding carboxylic acids is 1. The Hall–Kier alpha value is -2.77. The lowest BCUT2D eigenvalue weighted by atomic mass is 10.1. The van der Waals surface area contributed by atoms with E-state index in [2.05, 4.69) is 0 Å². The number of hydrogen-bond acceptors (Lipinski definition) is 5. The van der Waals surface area contributed by atoms with Gasteiger partial charge in [-0.1, -0.05) is 13.8 Å². The van der Waals surface area contributed by atoms with Crippen molar-refractivity contribution in [1.82, 2.24) is 4.90 Å². The number of ether oxygens (including phenoxy) is 2. The quantitative estimate of drug-likeness (QED) is 0.322. The highest BCUT2D eigenvalue weighted by Crippen LogP contribution is 2.15. The Labute approximate surface area is 170 Å². The molecule has 0 fully saturated rings. The third kappa shape index (κ3) is 8.01. The van der Waals surface area contributed by atoms with Crippen molar-refractivity contribution in [3.8, 4) is 0 Å². The molecule has 2 N–H and O–H groups in total. The first-order valence-electron chi connectivity index (χ1n) is 9.57. The van der Waals surface area contributed by atoms with E-state index in [1.165, 1.54) is 11.0 Å². The van der Waals surface area contributed by atoms with Gasteiger partial charge in [0.2, 0.25) is 5.90 Å². The molecule has 0 heterocycles. The molecule has 8 heteroatoms. The van der Waals surface area contributed by atoms with Crippen LogP contribution in [0.3, 0.4) is 0 Å².